The molecule has 2 rings (SSSR count). The lowest BCUT2D eigenvalue weighted by Crippen LogP contribution is -2.27. The van der Waals surface area contributed by atoms with Crippen LogP contribution in [0.15, 0.2) is 22.7 Å². The van der Waals surface area contributed by atoms with Crippen molar-refractivity contribution >= 4 is 0 Å². The maximum Gasteiger partial charge on any atom is 0.258 e. The minimum absolute atomic E-state index is 0.0953. The summed E-state index contributed by atoms with van der Waals surface area (Å²) in [5, 5.41) is 4.03. The average Bonchev–Trinajstić information content (AvgIpc) is 2.75. The number of nitrogens with zero attached hydrogens (tertiary/aromatic N) is 2. The van der Waals surface area contributed by atoms with Crippen molar-refractivity contribution in [3.8, 4) is 11.5 Å². The van der Waals surface area contributed by atoms with Gasteiger partial charge in [-0.15, -0.1) is 0 Å². The number of aryl methyl sites for hydroxylation is 2. The molecule has 102 valence electrons. The Balaban J connectivity index is 2.42. The molecule has 0 spiro atoms. The Kier molecular flexibility index (Phi) is 3.45. The van der Waals surface area contributed by atoms with Crippen LogP contribution in [0.2, 0.25) is 0 Å². The van der Waals surface area contributed by atoms with Gasteiger partial charge in [0, 0.05) is 5.56 Å². The van der Waals surface area contributed by atoms with E-state index in [1.165, 1.54) is 0 Å². The Labute approximate surface area is 114 Å². The van der Waals surface area contributed by atoms with Gasteiger partial charge in [-0.1, -0.05) is 44.1 Å². The third-order valence-corrected chi connectivity index (χ3v) is 3.35. The van der Waals surface area contributed by atoms with E-state index in [0.717, 1.165) is 16.7 Å². The lowest BCUT2D eigenvalue weighted by Gasteiger charge is -2.23. The molecule has 0 radical (unpaired) electrons. The number of benzene rings is 1. The molecule has 0 bridgehead atoms. The molecule has 4 heteroatoms. The molecular weight excluding hydrogens is 238 g/mol. The Hall–Kier alpha value is -1.68. The Bertz CT molecular complexity index is 561. The van der Waals surface area contributed by atoms with Crippen LogP contribution in [-0.2, 0) is 0 Å². The second-order valence-corrected chi connectivity index (χ2v) is 6.07. The molecule has 4 nitrogen and oxygen atoms in total. The summed E-state index contributed by atoms with van der Waals surface area (Å²) in [6.07, 6.45) is 0. The molecule has 0 aliphatic rings. The number of nitrogens with two attached hydrogens (primary N) is 1. The van der Waals surface area contributed by atoms with E-state index in [9.17, 15) is 0 Å². The van der Waals surface area contributed by atoms with Crippen LogP contribution in [0, 0.1) is 19.3 Å². The number of aromatic nitrogens is 2. The minimum atomic E-state index is -0.241. The van der Waals surface area contributed by atoms with Gasteiger partial charge in [-0.25, -0.2) is 0 Å². The summed E-state index contributed by atoms with van der Waals surface area (Å²) >= 11 is 0. The van der Waals surface area contributed by atoms with Crippen molar-refractivity contribution in [1.82, 2.24) is 10.1 Å². The maximum absolute atomic E-state index is 6.15. The Morgan fingerprint density at radius 2 is 1.74 bits per heavy atom. The van der Waals surface area contributed by atoms with Crippen molar-refractivity contribution in [1.29, 1.82) is 0 Å². The van der Waals surface area contributed by atoms with Crippen molar-refractivity contribution < 1.29 is 4.52 Å². The molecular formula is C15H21N3O. The predicted molar refractivity (Wildman–Crippen MR) is 75.6 cm³/mol. The van der Waals surface area contributed by atoms with Crippen LogP contribution in [0.25, 0.3) is 11.5 Å². The van der Waals surface area contributed by atoms with Crippen LogP contribution in [-0.4, -0.2) is 10.1 Å². The molecule has 19 heavy (non-hydrogen) atoms. The topological polar surface area (TPSA) is 64.9 Å². The van der Waals surface area contributed by atoms with Crippen LogP contribution >= 0.6 is 0 Å². The molecule has 0 amide bonds. The second kappa shape index (κ2) is 4.78. The zero-order chi connectivity index (χ0) is 14.2. The van der Waals surface area contributed by atoms with Gasteiger partial charge in [0.15, 0.2) is 5.82 Å². The largest absolute Gasteiger partial charge is 0.334 e. The van der Waals surface area contributed by atoms with Gasteiger partial charge >= 0.3 is 0 Å². The molecule has 0 aliphatic heterocycles. The highest BCUT2D eigenvalue weighted by molar-refractivity contribution is 5.62. The van der Waals surface area contributed by atoms with Gasteiger partial charge in [0.25, 0.3) is 5.89 Å². The standard InChI is InChI=1S/C15H21N3O/c1-9-7-6-8-10(2)11(9)14-17-13(18-19-14)12(16)15(3,4)5/h6-8,12H,16H2,1-5H3. The summed E-state index contributed by atoms with van der Waals surface area (Å²) in [5.74, 6) is 1.11. The van der Waals surface area contributed by atoms with Gasteiger partial charge in [0.2, 0.25) is 0 Å². The third-order valence-electron chi connectivity index (χ3n) is 3.35. The minimum Gasteiger partial charge on any atom is -0.334 e. The Morgan fingerprint density at radius 1 is 1.16 bits per heavy atom. The highest BCUT2D eigenvalue weighted by Crippen LogP contribution is 2.31. The third kappa shape index (κ3) is 2.68. The van der Waals surface area contributed by atoms with E-state index in [1.54, 1.807) is 0 Å². The number of hydrogen-bond donors (Lipinski definition) is 1. The van der Waals surface area contributed by atoms with Crippen LogP contribution in [0.5, 0.6) is 0 Å². The van der Waals surface area contributed by atoms with Crippen molar-refractivity contribution in [3.05, 3.63) is 35.2 Å². The van der Waals surface area contributed by atoms with Gasteiger partial charge in [-0.05, 0) is 30.4 Å². The molecule has 1 atom stereocenters. The van der Waals surface area contributed by atoms with Gasteiger partial charge in [0.1, 0.15) is 0 Å². The molecule has 1 heterocycles. The fourth-order valence-corrected chi connectivity index (χ4v) is 2.00. The number of rotatable bonds is 2. The van der Waals surface area contributed by atoms with E-state index in [4.69, 9.17) is 10.3 Å². The quantitative estimate of drug-likeness (QED) is 0.897. The molecule has 1 aromatic heterocycles. The molecule has 1 unspecified atom stereocenters. The first-order valence-corrected chi connectivity index (χ1v) is 6.46. The molecule has 2 N–H and O–H groups in total. The summed E-state index contributed by atoms with van der Waals surface area (Å²) in [6, 6.07) is 5.85. The van der Waals surface area contributed by atoms with E-state index in [2.05, 4.69) is 30.9 Å². The zero-order valence-corrected chi connectivity index (χ0v) is 12.2. The van der Waals surface area contributed by atoms with E-state index < -0.39 is 0 Å². The first-order chi connectivity index (χ1) is 8.80. The van der Waals surface area contributed by atoms with Crippen molar-refractivity contribution in [3.63, 3.8) is 0 Å². The fourth-order valence-electron chi connectivity index (χ4n) is 2.00. The van der Waals surface area contributed by atoms with Crippen LogP contribution in [0.3, 0.4) is 0 Å². The molecule has 0 saturated carbocycles. The van der Waals surface area contributed by atoms with E-state index in [1.807, 2.05) is 32.0 Å². The van der Waals surface area contributed by atoms with Crippen molar-refractivity contribution in [2.45, 2.75) is 40.7 Å². The van der Waals surface area contributed by atoms with Gasteiger partial charge in [-0.2, -0.15) is 4.98 Å². The molecule has 0 aliphatic carbocycles. The maximum atomic E-state index is 6.15. The highest BCUT2D eigenvalue weighted by atomic mass is 16.5. The summed E-state index contributed by atoms with van der Waals surface area (Å²) in [6.45, 7) is 10.3. The molecule has 0 saturated heterocycles. The monoisotopic (exact) mass is 259 g/mol. The first-order valence-electron chi connectivity index (χ1n) is 6.46. The first kappa shape index (κ1) is 13.7. The summed E-state index contributed by atoms with van der Waals surface area (Å²) < 4.78 is 5.39. The van der Waals surface area contributed by atoms with Crippen molar-refractivity contribution in [2.24, 2.45) is 11.1 Å². The lowest BCUT2D eigenvalue weighted by molar-refractivity contribution is 0.303. The fraction of sp³-hybridized carbons (Fsp3) is 0.467. The molecule has 1 aromatic carbocycles. The van der Waals surface area contributed by atoms with Crippen LogP contribution in [0.1, 0.15) is 43.8 Å². The second-order valence-electron chi connectivity index (χ2n) is 6.07. The predicted octanol–water partition coefficient (Wildman–Crippen LogP) is 3.40. The van der Waals surface area contributed by atoms with E-state index >= 15 is 0 Å². The zero-order valence-electron chi connectivity index (χ0n) is 12.2. The normalized spacial score (nSPS) is 13.6. The highest BCUT2D eigenvalue weighted by Gasteiger charge is 2.27. The van der Waals surface area contributed by atoms with E-state index in [-0.39, 0.29) is 11.5 Å². The van der Waals surface area contributed by atoms with Gasteiger partial charge in [-0.3, -0.25) is 0 Å². The van der Waals surface area contributed by atoms with Crippen LogP contribution < -0.4 is 5.73 Å². The SMILES string of the molecule is Cc1cccc(C)c1-c1nc(C(N)C(C)(C)C)no1. The molecule has 2 aromatic rings. The number of hydrogen-bond acceptors (Lipinski definition) is 4. The van der Waals surface area contributed by atoms with Gasteiger partial charge < -0.3 is 10.3 Å². The summed E-state index contributed by atoms with van der Waals surface area (Å²) in [4.78, 5) is 4.47. The van der Waals surface area contributed by atoms with E-state index in [0.29, 0.717) is 11.7 Å². The molecule has 0 fully saturated rings. The lowest BCUT2D eigenvalue weighted by atomic mass is 9.87. The van der Waals surface area contributed by atoms with Crippen LogP contribution in [0.4, 0.5) is 0 Å². The Morgan fingerprint density at radius 3 is 2.26 bits per heavy atom. The average molecular weight is 259 g/mol. The van der Waals surface area contributed by atoms with Crippen molar-refractivity contribution in [2.75, 3.05) is 0 Å². The summed E-state index contributed by atoms with van der Waals surface area (Å²) in [7, 11) is 0. The smallest absolute Gasteiger partial charge is 0.258 e. The van der Waals surface area contributed by atoms with Gasteiger partial charge in [0.05, 0.1) is 6.04 Å². The summed E-state index contributed by atoms with van der Waals surface area (Å²) in [5.41, 5.74) is 9.31.